The number of benzene rings is 1. The molecule has 108 valence electrons. The molecule has 0 amide bonds. The van der Waals surface area contributed by atoms with Gasteiger partial charge in [-0.3, -0.25) is 4.68 Å². The van der Waals surface area contributed by atoms with Crippen molar-refractivity contribution in [3.05, 3.63) is 40.7 Å². The van der Waals surface area contributed by atoms with Gasteiger partial charge in [-0.05, 0) is 30.7 Å². The summed E-state index contributed by atoms with van der Waals surface area (Å²) in [5.41, 5.74) is 7.42. The highest BCUT2D eigenvalue weighted by atomic mass is 35.5. The highest BCUT2D eigenvalue weighted by molar-refractivity contribution is 7.90. The van der Waals surface area contributed by atoms with Crippen molar-refractivity contribution in [2.24, 2.45) is 7.05 Å². The number of hydrogen-bond donors (Lipinski definition) is 1. The molecular weight excluding hydrogens is 298 g/mol. The zero-order valence-electron chi connectivity index (χ0n) is 11.3. The van der Waals surface area contributed by atoms with Gasteiger partial charge in [-0.25, -0.2) is 8.42 Å². The van der Waals surface area contributed by atoms with Gasteiger partial charge in [-0.2, -0.15) is 5.10 Å². The SMILES string of the molecule is CCc1cc(CS(=O)(=O)c2cc(Cl)ccc2N)n(C)n1. The van der Waals surface area contributed by atoms with Gasteiger partial charge in [0.2, 0.25) is 0 Å². The second-order valence-corrected chi connectivity index (χ2v) is 6.94. The van der Waals surface area contributed by atoms with Crippen LogP contribution in [0, 0.1) is 0 Å². The van der Waals surface area contributed by atoms with Gasteiger partial charge < -0.3 is 5.73 Å². The Balaban J connectivity index is 2.40. The van der Waals surface area contributed by atoms with Gasteiger partial charge in [0.05, 0.1) is 27.7 Å². The van der Waals surface area contributed by atoms with Gasteiger partial charge in [0.1, 0.15) is 0 Å². The van der Waals surface area contributed by atoms with Crippen LogP contribution in [0.2, 0.25) is 5.02 Å². The Labute approximate surface area is 123 Å². The zero-order chi connectivity index (χ0) is 14.9. The minimum absolute atomic E-state index is 0.0595. The fourth-order valence-corrected chi connectivity index (χ4v) is 3.71. The molecule has 0 aliphatic heterocycles. The number of nitrogens with zero attached hydrogens (tertiary/aromatic N) is 2. The molecule has 0 aliphatic rings. The van der Waals surface area contributed by atoms with Gasteiger partial charge >= 0.3 is 0 Å². The number of hydrogen-bond acceptors (Lipinski definition) is 4. The summed E-state index contributed by atoms with van der Waals surface area (Å²) < 4.78 is 26.5. The van der Waals surface area contributed by atoms with Crippen molar-refractivity contribution in [2.75, 3.05) is 5.73 Å². The Morgan fingerprint density at radius 2 is 2.05 bits per heavy atom. The molecule has 1 aromatic carbocycles. The topological polar surface area (TPSA) is 78.0 Å². The fraction of sp³-hybridized carbons (Fsp3) is 0.308. The maximum absolute atomic E-state index is 12.4. The third-order valence-corrected chi connectivity index (χ3v) is 4.97. The van der Waals surface area contributed by atoms with Crippen LogP contribution in [0.5, 0.6) is 0 Å². The number of anilines is 1. The van der Waals surface area contributed by atoms with Crippen molar-refractivity contribution in [1.29, 1.82) is 0 Å². The van der Waals surface area contributed by atoms with E-state index < -0.39 is 9.84 Å². The first-order chi connectivity index (χ1) is 9.33. The summed E-state index contributed by atoms with van der Waals surface area (Å²) in [6.07, 6.45) is 0.757. The van der Waals surface area contributed by atoms with E-state index >= 15 is 0 Å². The van der Waals surface area contributed by atoms with Gasteiger partial charge in [0.25, 0.3) is 0 Å². The van der Waals surface area contributed by atoms with E-state index in [1.54, 1.807) is 23.9 Å². The summed E-state index contributed by atoms with van der Waals surface area (Å²) in [6, 6.07) is 6.23. The van der Waals surface area contributed by atoms with Crippen LogP contribution >= 0.6 is 11.6 Å². The molecule has 1 aromatic heterocycles. The van der Waals surface area contributed by atoms with Crippen molar-refractivity contribution in [2.45, 2.75) is 24.0 Å². The second-order valence-electron chi connectivity index (χ2n) is 4.55. The number of sulfone groups is 1. The fourth-order valence-electron chi connectivity index (χ4n) is 1.93. The lowest BCUT2D eigenvalue weighted by Crippen LogP contribution is -2.10. The average molecular weight is 314 g/mol. The molecule has 0 aliphatic carbocycles. The second kappa shape index (κ2) is 5.46. The van der Waals surface area contributed by atoms with Crippen LogP contribution in [-0.4, -0.2) is 18.2 Å². The molecule has 0 saturated heterocycles. The number of nitrogens with two attached hydrogens (primary N) is 1. The normalized spacial score (nSPS) is 11.8. The molecule has 20 heavy (non-hydrogen) atoms. The van der Waals surface area contributed by atoms with E-state index in [1.165, 1.54) is 12.1 Å². The Morgan fingerprint density at radius 3 is 2.65 bits per heavy atom. The van der Waals surface area contributed by atoms with Crippen molar-refractivity contribution in [3.63, 3.8) is 0 Å². The Bertz CT molecular complexity index is 738. The quantitative estimate of drug-likeness (QED) is 0.878. The van der Waals surface area contributed by atoms with E-state index in [0.29, 0.717) is 10.7 Å². The van der Waals surface area contributed by atoms with Crippen molar-refractivity contribution >= 4 is 27.1 Å². The van der Waals surface area contributed by atoms with E-state index in [9.17, 15) is 8.42 Å². The van der Waals surface area contributed by atoms with E-state index in [2.05, 4.69) is 5.10 Å². The summed E-state index contributed by atoms with van der Waals surface area (Å²) in [5.74, 6) is -0.152. The summed E-state index contributed by atoms with van der Waals surface area (Å²) in [4.78, 5) is 0.0595. The van der Waals surface area contributed by atoms with Crippen LogP contribution in [0.25, 0.3) is 0 Å². The number of aryl methyl sites for hydroxylation is 2. The molecule has 1 heterocycles. The molecule has 0 bridgehead atoms. The Hall–Kier alpha value is -1.53. The Morgan fingerprint density at radius 1 is 1.35 bits per heavy atom. The number of halogens is 1. The molecule has 0 atom stereocenters. The van der Waals surface area contributed by atoms with Crippen molar-refractivity contribution < 1.29 is 8.42 Å². The number of nitrogen functional groups attached to an aromatic ring is 1. The molecule has 0 saturated carbocycles. The van der Waals surface area contributed by atoms with Crippen LogP contribution in [0.3, 0.4) is 0 Å². The van der Waals surface area contributed by atoms with Gasteiger partial charge in [-0.15, -0.1) is 0 Å². The highest BCUT2D eigenvalue weighted by Gasteiger charge is 2.21. The maximum atomic E-state index is 12.4. The first-order valence-electron chi connectivity index (χ1n) is 6.13. The van der Waals surface area contributed by atoms with Crippen LogP contribution < -0.4 is 5.73 Å². The minimum atomic E-state index is -3.55. The summed E-state index contributed by atoms with van der Waals surface area (Å²) >= 11 is 5.85. The van der Waals surface area contributed by atoms with Crippen LogP contribution in [0.1, 0.15) is 18.3 Å². The maximum Gasteiger partial charge on any atom is 0.186 e. The van der Waals surface area contributed by atoms with Crippen LogP contribution in [0.15, 0.2) is 29.2 Å². The van der Waals surface area contributed by atoms with Crippen molar-refractivity contribution in [3.8, 4) is 0 Å². The predicted octanol–water partition coefficient (Wildman–Crippen LogP) is 2.19. The number of aromatic nitrogens is 2. The Kier molecular flexibility index (Phi) is 4.06. The molecule has 0 radical (unpaired) electrons. The summed E-state index contributed by atoms with van der Waals surface area (Å²) in [7, 11) is -1.83. The molecule has 0 fully saturated rings. The standard InChI is InChI=1S/C13H16ClN3O2S/c1-3-10-7-11(17(2)16-10)8-20(18,19)13-6-9(14)4-5-12(13)15/h4-7H,3,8,15H2,1-2H3. The molecule has 7 heteroatoms. The lowest BCUT2D eigenvalue weighted by atomic mass is 10.3. The first kappa shape index (κ1) is 14.9. The van der Waals surface area contributed by atoms with Crippen LogP contribution in [-0.2, 0) is 29.1 Å². The molecule has 0 spiro atoms. The molecule has 0 unspecified atom stereocenters. The zero-order valence-corrected chi connectivity index (χ0v) is 12.9. The van der Waals surface area contributed by atoms with Gasteiger partial charge in [0, 0.05) is 12.1 Å². The largest absolute Gasteiger partial charge is 0.398 e. The average Bonchev–Trinajstić information content (AvgIpc) is 2.72. The number of rotatable bonds is 4. The first-order valence-corrected chi connectivity index (χ1v) is 8.16. The van der Waals surface area contributed by atoms with Crippen molar-refractivity contribution in [1.82, 2.24) is 9.78 Å². The lowest BCUT2D eigenvalue weighted by Gasteiger charge is -2.08. The third kappa shape index (κ3) is 2.96. The lowest BCUT2D eigenvalue weighted by molar-refractivity contribution is 0.592. The minimum Gasteiger partial charge on any atom is -0.398 e. The molecule has 2 rings (SSSR count). The molecule has 2 N–H and O–H groups in total. The molecular formula is C13H16ClN3O2S. The van der Waals surface area contributed by atoms with Gasteiger partial charge in [-0.1, -0.05) is 18.5 Å². The molecule has 5 nitrogen and oxygen atoms in total. The van der Waals surface area contributed by atoms with Crippen LogP contribution in [0.4, 0.5) is 5.69 Å². The molecule has 2 aromatic rings. The van der Waals surface area contributed by atoms with E-state index in [1.807, 2.05) is 6.92 Å². The van der Waals surface area contributed by atoms with E-state index in [4.69, 9.17) is 17.3 Å². The van der Waals surface area contributed by atoms with Gasteiger partial charge in [0.15, 0.2) is 9.84 Å². The van der Waals surface area contributed by atoms with E-state index in [-0.39, 0.29) is 16.3 Å². The third-order valence-electron chi connectivity index (χ3n) is 3.04. The smallest absolute Gasteiger partial charge is 0.186 e. The van der Waals surface area contributed by atoms with E-state index in [0.717, 1.165) is 12.1 Å². The summed E-state index contributed by atoms with van der Waals surface area (Å²) in [6.45, 7) is 1.97. The highest BCUT2D eigenvalue weighted by Crippen LogP contribution is 2.26. The predicted molar refractivity (Wildman–Crippen MR) is 79.3 cm³/mol. The monoisotopic (exact) mass is 313 g/mol. The summed E-state index contributed by atoms with van der Waals surface area (Å²) in [5, 5.41) is 4.59.